The van der Waals surface area contributed by atoms with Gasteiger partial charge in [0.05, 0.1) is 12.3 Å². The van der Waals surface area contributed by atoms with E-state index < -0.39 is 12.2 Å². The van der Waals surface area contributed by atoms with E-state index in [1.54, 1.807) is 0 Å². The van der Waals surface area contributed by atoms with Crippen LogP contribution in [0.25, 0.3) is 0 Å². The van der Waals surface area contributed by atoms with E-state index in [0.717, 1.165) is 0 Å². The van der Waals surface area contributed by atoms with Crippen molar-refractivity contribution in [2.24, 2.45) is 0 Å². The molecule has 0 aliphatic heterocycles. The predicted molar refractivity (Wildman–Crippen MR) is 40.7 cm³/mol. The zero-order valence-electron chi connectivity index (χ0n) is 6.54. The first-order valence-corrected chi connectivity index (χ1v) is 3.49. The Morgan fingerprint density at radius 2 is 2.31 bits per heavy atom. The molecule has 1 aromatic heterocycles. The molecule has 0 aliphatic carbocycles. The highest BCUT2D eigenvalue weighted by atomic mass is 16.3. The van der Waals surface area contributed by atoms with Gasteiger partial charge < -0.3 is 14.6 Å². The molecule has 2 atom stereocenters. The average molecular weight is 181 g/mol. The third-order valence-electron chi connectivity index (χ3n) is 1.58. The van der Waals surface area contributed by atoms with Crippen LogP contribution in [0.15, 0.2) is 16.7 Å². The number of nitrogens with zero attached hydrogens (tertiary/aromatic N) is 1. The first-order chi connectivity index (χ1) is 6.20. The maximum atomic E-state index is 10.3. The number of carbonyl (C=O) groups excluding carboxylic acids is 1. The molecular weight excluding hydrogens is 174 g/mol. The van der Waals surface area contributed by atoms with Gasteiger partial charge in [0.1, 0.15) is 6.10 Å². The fraction of sp³-hybridized carbons (Fsp3) is 0.250. The molecule has 1 rings (SSSR count). The van der Waals surface area contributed by atoms with Crippen molar-refractivity contribution in [1.29, 1.82) is 5.26 Å². The molecule has 0 radical (unpaired) electrons. The third kappa shape index (κ3) is 1.75. The smallest absolute Gasteiger partial charge is 0.185 e. The summed E-state index contributed by atoms with van der Waals surface area (Å²) in [7, 11) is 0. The highest BCUT2D eigenvalue weighted by Gasteiger charge is 2.22. The fourth-order valence-electron chi connectivity index (χ4n) is 0.912. The van der Waals surface area contributed by atoms with Crippen LogP contribution in [0.4, 0.5) is 0 Å². The first kappa shape index (κ1) is 9.45. The quantitative estimate of drug-likeness (QED) is 0.506. The van der Waals surface area contributed by atoms with Crippen molar-refractivity contribution in [2.75, 3.05) is 0 Å². The van der Waals surface area contributed by atoms with E-state index in [4.69, 9.17) is 10.4 Å². The summed E-state index contributed by atoms with van der Waals surface area (Å²) in [6, 6.07) is 2.78. The van der Waals surface area contributed by atoms with Crippen molar-refractivity contribution in [3.63, 3.8) is 0 Å². The van der Waals surface area contributed by atoms with Crippen molar-refractivity contribution in [3.8, 4) is 6.07 Å². The Bertz CT molecular complexity index is 338. The molecule has 1 aromatic rings. The number of hydrogen-bond acceptors (Lipinski definition) is 5. The third-order valence-corrected chi connectivity index (χ3v) is 1.58. The largest absolute Gasteiger partial charge is 0.461 e. The maximum Gasteiger partial charge on any atom is 0.185 e. The summed E-state index contributed by atoms with van der Waals surface area (Å²) in [6.07, 6.45) is -1.37. The number of furan rings is 1. The van der Waals surface area contributed by atoms with Crippen LogP contribution in [-0.2, 0) is 0 Å². The normalized spacial score (nSPS) is 14.5. The molecule has 0 fully saturated rings. The number of hydrogen-bond donors (Lipinski definition) is 2. The molecule has 5 nitrogen and oxygen atoms in total. The van der Waals surface area contributed by atoms with Gasteiger partial charge in [-0.15, -0.1) is 0 Å². The van der Waals surface area contributed by atoms with Crippen molar-refractivity contribution < 1.29 is 19.4 Å². The lowest BCUT2D eigenvalue weighted by molar-refractivity contribution is 0.0515. The van der Waals surface area contributed by atoms with Gasteiger partial charge in [0.25, 0.3) is 0 Å². The lowest BCUT2D eigenvalue weighted by Crippen LogP contribution is -2.16. The second-order valence-corrected chi connectivity index (χ2v) is 2.38. The van der Waals surface area contributed by atoms with E-state index in [0.29, 0.717) is 6.29 Å². The van der Waals surface area contributed by atoms with Crippen LogP contribution < -0.4 is 0 Å². The Morgan fingerprint density at radius 3 is 2.85 bits per heavy atom. The van der Waals surface area contributed by atoms with Crippen LogP contribution in [0.3, 0.4) is 0 Å². The van der Waals surface area contributed by atoms with Crippen molar-refractivity contribution in [2.45, 2.75) is 12.2 Å². The minimum absolute atomic E-state index is 0.0817. The highest BCUT2D eigenvalue weighted by molar-refractivity contribution is 5.73. The maximum absolute atomic E-state index is 10.3. The van der Waals surface area contributed by atoms with E-state index in [-0.39, 0.29) is 11.3 Å². The Hall–Kier alpha value is -1.64. The molecule has 13 heavy (non-hydrogen) atoms. The fourth-order valence-corrected chi connectivity index (χ4v) is 0.912. The zero-order valence-corrected chi connectivity index (χ0v) is 6.54. The summed E-state index contributed by atoms with van der Waals surface area (Å²) in [5.41, 5.74) is 0.115. The van der Waals surface area contributed by atoms with E-state index in [1.165, 1.54) is 18.4 Å². The summed E-state index contributed by atoms with van der Waals surface area (Å²) in [5, 5.41) is 26.5. The first-order valence-electron chi connectivity index (χ1n) is 3.49. The van der Waals surface area contributed by atoms with Crippen LogP contribution in [0.1, 0.15) is 22.2 Å². The lowest BCUT2D eigenvalue weighted by Gasteiger charge is -2.09. The van der Waals surface area contributed by atoms with E-state index in [1.807, 2.05) is 0 Å². The molecule has 0 saturated heterocycles. The van der Waals surface area contributed by atoms with Crippen LogP contribution in [0, 0.1) is 11.3 Å². The Balaban J connectivity index is 2.95. The topological polar surface area (TPSA) is 94.5 Å². The van der Waals surface area contributed by atoms with Gasteiger partial charge in [-0.05, 0) is 6.07 Å². The summed E-state index contributed by atoms with van der Waals surface area (Å²) in [4.78, 5) is 10.3. The van der Waals surface area contributed by atoms with E-state index >= 15 is 0 Å². The molecule has 1 heterocycles. The second-order valence-electron chi connectivity index (χ2n) is 2.38. The summed E-state index contributed by atoms with van der Waals surface area (Å²) in [6.45, 7) is 0. The van der Waals surface area contributed by atoms with Crippen LogP contribution in [0.5, 0.6) is 0 Å². The van der Waals surface area contributed by atoms with Gasteiger partial charge in [-0.25, -0.2) is 0 Å². The van der Waals surface area contributed by atoms with Crippen LogP contribution in [0.2, 0.25) is 0 Å². The lowest BCUT2D eigenvalue weighted by atomic mass is 10.1. The van der Waals surface area contributed by atoms with Crippen molar-refractivity contribution in [1.82, 2.24) is 0 Å². The number of aliphatic hydroxyl groups excluding tert-OH is 2. The molecule has 2 N–H and O–H groups in total. The molecule has 2 unspecified atom stereocenters. The standard InChI is InChI=1S/C8H7NO4/c9-3-6(11)8(12)5-1-2-13-7(5)4-10/h1-2,4,6,8,11-12H. The molecule has 0 amide bonds. The SMILES string of the molecule is N#CC(O)C(O)c1ccoc1C=O. The Kier molecular flexibility index (Phi) is 2.80. The Labute approximate surface area is 73.8 Å². The van der Waals surface area contributed by atoms with Gasteiger partial charge in [-0.3, -0.25) is 4.79 Å². The number of nitriles is 1. The van der Waals surface area contributed by atoms with Crippen LogP contribution >= 0.6 is 0 Å². The van der Waals surface area contributed by atoms with Gasteiger partial charge in [-0.1, -0.05) is 0 Å². The average Bonchev–Trinajstić information content (AvgIpc) is 2.62. The van der Waals surface area contributed by atoms with Gasteiger partial charge >= 0.3 is 0 Å². The Morgan fingerprint density at radius 1 is 1.62 bits per heavy atom. The molecule has 5 heteroatoms. The molecule has 0 bridgehead atoms. The second kappa shape index (κ2) is 3.85. The molecule has 68 valence electrons. The molecular formula is C8H7NO4. The molecule has 0 saturated carbocycles. The molecule has 0 aromatic carbocycles. The van der Waals surface area contributed by atoms with Gasteiger partial charge in [0.2, 0.25) is 0 Å². The summed E-state index contributed by atoms with van der Waals surface area (Å²) >= 11 is 0. The van der Waals surface area contributed by atoms with Gasteiger partial charge in [-0.2, -0.15) is 5.26 Å². The van der Waals surface area contributed by atoms with Gasteiger partial charge in [0, 0.05) is 5.56 Å². The molecule has 0 aliphatic rings. The van der Waals surface area contributed by atoms with Crippen LogP contribution in [-0.4, -0.2) is 22.6 Å². The summed E-state index contributed by atoms with van der Waals surface area (Å²) in [5.74, 6) is -0.0817. The zero-order chi connectivity index (χ0) is 9.84. The minimum atomic E-state index is -1.56. The number of aliphatic hydroxyl groups is 2. The number of rotatable bonds is 3. The van der Waals surface area contributed by atoms with Gasteiger partial charge in [0.15, 0.2) is 18.2 Å². The summed E-state index contributed by atoms with van der Waals surface area (Å²) < 4.78 is 4.68. The number of aldehydes is 1. The monoisotopic (exact) mass is 181 g/mol. The van der Waals surface area contributed by atoms with E-state index in [2.05, 4.69) is 4.42 Å². The predicted octanol–water partition coefficient (Wildman–Crippen LogP) is 0.00998. The minimum Gasteiger partial charge on any atom is -0.461 e. The molecule has 0 spiro atoms. The van der Waals surface area contributed by atoms with E-state index in [9.17, 15) is 9.90 Å². The van der Waals surface area contributed by atoms with Crippen molar-refractivity contribution >= 4 is 6.29 Å². The highest BCUT2D eigenvalue weighted by Crippen LogP contribution is 2.20. The number of carbonyl (C=O) groups is 1. The van der Waals surface area contributed by atoms with Crippen molar-refractivity contribution in [3.05, 3.63) is 23.7 Å².